The van der Waals surface area contributed by atoms with Gasteiger partial charge in [0.15, 0.2) is 0 Å². The normalized spacial score (nSPS) is 17.5. The third kappa shape index (κ3) is 4.13. The van der Waals surface area contributed by atoms with E-state index in [0.717, 1.165) is 0 Å². The number of hydrogen-bond donors (Lipinski definition) is 0. The molecule has 0 radical (unpaired) electrons. The van der Waals surface area contributed by atoms with Gasteiger partial charge in [0.05, 0.1) is 0 Å². The number of aromatic nitrogens is 1. The number of fused-ring (bicyclic) bond motifs is 1. The van der Waals surface area contributed by atoms with E-state index in [1.165, 1.54) is 30.5 Å². The maximum Gasteiger partial charge on any atom is -1.00 e. The Morgan fingerprint density at radius 2 is 1.84 bits per heavy atom. The fraction of sp³-hybridized carbons (Fsp3) is 0.238. The van der Waals surface area contributed by atoms with E-state index in [1.807, 2.05) is 3.33 Å². The SMILES string of the molecule is CCCC1=[C]([Hf+2][CH]2C(n3cccc3)=Cc3ccccc32)CC=C1.[Cl-].[Cl-]. The number of hydrogen-bond acceptors (Lipinski definition) is 0. The predicted octanol–water partition coefficient (Wildman–Crippen LogP) is -0.354. The molecule has 1 nitrogen and oxygen atoms in total. The van der Waals surface area contributed by atoms with Crippen molar-refractivity contribution in [2.24, 2.45) is 0 Å². The molecular weight excluding hydrogens is 516 g/mol. The molecule has 0 amide bonds. The maximum absolute atomic E-state index is 2.41. The second kappa shape index (κ2) is 9.21. The zero-order valence-corrected chi connectivity index (χ0v) is 19.4. The van der Waals surface area contributed by atoms with Gasteiger partial charge in [-0.15, -0.1) is 0 Å². The number of benzene rings is 1. The zero-order chi connectivity index (χ0) is 15.6. The molecule has 0 saturated carbocycles. The Balaban J connectivity index is 0.00000113. The molecule has 0 saturated heterocycles. The Morgan fingerprint density at radius 3 is 2.60 bits per heavy atom. The molecule has 0 aliphatic heterocycles. The van der Waals surface area contributed by atoms with Gasteiger partial charge in [0.2, 0.25) is 0 Å². The van der Waals surface area contributed by atoms with Crippen molar-refractivity contribution < 1.29 is 47.7 Å². The average molecular weight is 537 g/mol. The molecule has 1 unspecified atom stereocenters. The average Bonchev–Trinajstić information content (AvgIpc) is 3.29. The molecule has 25 heavy (non-hydrogen) atoms. The number of rotatable bonds is 5. The monoisotopic (exact) mass is 537 g/mol. The van der Waals surface area contributed by atoms with Crippen LogP contribution in [0.3, 0.4) is 0 Å². The van der Waals surface area contributed by atoms with Crippen molar-refractivity contribution in [3.05, 3.63) is 81.0 Å². The summed E-state index contributed by atoms with van der Waals surface area (Å²) >= 11 is -0.952. The first-order valence-corrected chi connectivity index (χ1v) is 12.3. The summed E-state index contributed by atoms with van der Waals surface area (Å²) in [7, 11) is 0. The Kier molecular flexibility index (Phi) is 7.54. The summed E-state index contributed by atoms with van der Waals surface area (Å²) in [5.74, 6) is 0. The van der Waals surface area contributed by atoms with Crippen molar-refractivity contribution >= 4 is 11.8 Å². The summed E-state index contributed by atoms with van der Waals surface area (Å²) in [6.07, 6.45) is 15.3. The van der Waals surface area contributed by atoms with E-state index in [4.69, 9.17) is 0 Å². The smallest absolute Gasteiger partial charge is 1.00 e. The Hall–Kier alpha value is -0.830. The molecule has 1 atom stereocenters. The maximum atomic E-state index is 2.41. The third-order valence-corrected chi connectivity index (χ3v) is 11.0. The van der Waals surface area contributed by atoms with Crippen molar-refractivity contribution in [1.82, 2.24) is 4.57 Å². The molecule has 4 rings (SSSR count). The van der Waals surface area contributed by atoms with Crippen LogP contribution < -0.4 is 24.8 Å². The van der Waals surface area contributed by atoms with Gasteiger partial charge in [0.1, 0.15) is 0 Å². The molecule has 0 fully saturated rings. The first-order chi connectivity index (χ1) is 11.4. The van der Waals surface area contributed by atoms with Crippen LogP contribution >= 0.6 is 0 Å². The predicted molar refractivity (Wildman–Crippen MR) is 93.5 cm³/mol. The van der Waals surface area contributed by atoms with Crippen LogP contribution in [-0.4, -0.2) is 4.57 Å². The molecule has 2 aromatic rings. The Bertz CT molecular complexity index is 803. The van der Waals surface area contributed by atoms with Gasteiger partial charge in [-0.1, -0.05) is 0 Å². The molecule has 1 aromatic carbocycles. The standard InChI is InChI=1S/C13H10N.C8H11.2ClH.Hf/c1-2-6-12-10-13(9-11(12)5-1)14-7-3-4-8-14;1-2-5-8-6-3-4-7-8;;;/h1-10H;3,6H,2,4-5H2,1H3;2*1H;/q;;;;+2/p-2. The van der Waals surface area contributed by atoms with Gasteiger partial charge in [-0.25, -0.2) is 0 Å². The molecule has 2 aliphatic rings. The van der Waals surface area contributed by atoms with Crippen LogP contribution in [0.1, 0.15) is 41.0 Å². The molecule has 4 heteroatoms. The van der Waals surface area contributed by atoms with Gasteiger partial charge in [-0.2, -0.15) is 0 Å². The molecule has 0 bridgehead atoms. The van der Waals surface area contributed by atoms with Gasteiger partial charge in [-0.05, 0) is 0 Å². The molecular formula is C21H21Cl2HfN. The first-order valence-electron chi connectivity index (χ1n) is 8.46. The molecule has 0 N–H and O–H groups in total. The summed E-state index contributed by atoms with van der Waals surface area (Å²) in [5.41, 5.74) is 6.15. The van der Waals surface area contributed by atoms with Crippen LogP contribution in [0.2, 0.25) is 0 Å². The van der Waals surface area contributed by atoms with Crippen LogP contribution in [0, 0.1) is 0 Å². The summed E-state index contributed by atoms with van der Waals surface area (Å²) in [5, 5.41) is 0. The number of allylic oxidation sites excluding steroid dienone is 5. The van der Waals surface area contributed by atoms with Crippen molar-refractivity contribution in [3.63, 3.8) is 0 Å². The third-order valence-electron chi connectivity index (χ3n) is 4.68. The largest absolute Gasteiger partial charge is 1.00 e. The molecule has 2 aliphatic carbocycles. The minimum absolute atomic E-state index is 0. The van der Waals surface area contributed by atoms with Crippen LogP contribution in [0.4, 0.5) is 0 Å². The summed E-state index contributed by atoms with van der Waals surface area (Å²) in [6, 6.07) is 13.3. The van der Waals surface area contributed by atoms with Gasteiger partial charge < -0.3 is 24.8 Å². The minimum Gasteiger partial charge on any atom is -1.00 e. The van der Waals surface area contributed by atoms with Crippen molar-refractivity contribution in [2.75, 3.05) is 0 Å². The second-order valence-corrected chi connectivity index (χ2v) is 11.5. The van der Waals surface area contributed by atoms with E-state index >= 15 is 0 Å². The number of nitrogens with zero attached hydrogens (tertiary/aromatic N) is 1. The van der Waals surface area contributed by atoms with Gasteiger partial charge >= 0.3 is 150 Å². The topological polar surface area (TPSA) is 4.93 Å². The fourth-order valence-corrected chi connectivity index (χ4v) is 9.95. The van der Waals surface area contributed by atoms with Gasteiger partial charge in [0.25, 0.3) is 0 Å². The molecule has 128 valence electrons. The Morgan fingerprint density at radius 1 is 1.08 bits per heavy atom. The van der Waals surface area contributed by atoms with Crippen molar-refractivity contribution in [1.29, 1.82) is 0 Å². The molecule has 1 heterocycles. The summed E-state index contributed by atoms with van der Waals surface area (Å²) in [6.45, 7) is 2.29. The van der Waals surface area contributed by atoms with Crippen LogP contribution in [-0.2, 0) is 22.9 Å². The molecule has 1 aromatic heterocycles. The number of halogens is 2. The molecule has 0 spiro atoms. The first kappa shape index (κ1) is 20.5. The van der Waals surface area contributed by atoms with E-state index in [9.17, 15) is 0 Å². The van der Waals surface area contributed by atoms with Gasteiger partial charge in [-0.3, -0.25) is 0 Å². The van der Waals surface area contributed by atoms with E-state index in [1.54, 1.807) is 11.1 Å². The van der Waals surface area contributed by atoms with E-state index < -0.39 is 22.9 Å². The minimum atomic E-state index is -0.952. The van der Waals surface area contributed by atoms with Crippen LogP contribution in [0.15, 0.2) is 69.8 Å². The fourth-order valence-electron chi connectivity index (χ4n) is 3.57. The van der Waals surface area contributed by atoms with E-state index in [2.05, 4.69) is 78.5 Å². The van der Waals surface area contributed by atoms with Crippen LogP contribution in [0.25, 0.3) is 11.8 Å². The summed E-state index contributed by atoms with van der Waals surface area (Å²) < 4.78 is 4.83. The van der Waals surface area contributed by atoms with Crippen LogP contribution in [0.5, 0.6) is 0 Å². The Labute approximate surface area is 174 Å². The van der Waals surface area contributed by atoms with Crippen molar-refractivity contribution in [2.45, 2.75) is 29.9 Å². The quantitative estimate of drug-likeness (QED) is 0.461. The van der Waals surface area contributed by atoms with Gasteiger partial charge in [0, 0.05) is 0 Å². The van der Waals surface area contributed by atoms with E-state index in [-0.39, 0.29) is 24.8 Å². The second-order valence-electron chi connectivity index (χ2n) is 6.23. The van der Waals surface area contributed by atoms with E-state index in [0.29, 0.717) is 3.67 Å². The summed E-state index contributed by atoms with van der Waals surface area (Å²) in [4.78, 5) is 0. The van der Waals surface area contributed by atoms with Crippen molar-refractivity contribution in [3.8, 4) is 0 Å². The zero-order valence-electron chi connectivity index (χ0n) is 14.3.